The molecule has 0 aliphatic heterocycles. The van der Waals surface area contributed by atoms with E-state index in [1.807, 2.05) is 54.7 Å². The summed E-state index contributed by atoms with van der Waals surface area (Å²) in [6, 6.07) is 23.1. The van der Waals surface area contributed by atoms with E-state index in [2.05, 4.69) is 11.1 Å². The zero-order valence-corrected chi connectivity index (χ0v) is 21.2. The lowest BCUT2D eigenvalue weighted by Crippen LogP contribution is -2.44. The van der Waals surface area contributed by atoms with Gasteiger partial charge in [0.05, 0.1) is 11.5 Å². The Hall–Kier alpha value is -4.50. The molecule has 196 valence electrons. The largest absolute Gasteiger partial charge is 0.383 e. The van der Waals surface area contributed by atoms with Crippen LogP contribution < -0.4 is 0 Å². The summed E-state index contributed by atoms with van der Waals surface area (Å²) >= 11 is 0. The second-order valence-electron chi connectivity index (χ2n) is 8.93. The standard InChI is InChI=1S/C29H30N4O5/c1-38-18-17-32(29(35)23-11-13-25(14-12-23)33(36)37)21-28(34)31(20-22-7-3-2-4-8-22)16-15-24-19-30-27-10-6-5-9-26(24)27/h2-14,19,30H,15-18,20-21H2,1H3. The number of carbonyl (C=O) groups is 2. The summed E-state index contributed by atoms with van der Waals surface area (Å²) in [6.45, 7) is 1.20. The number of nitro benzene ring substituents is 1. The van der Waals surface area contributed by atoms with Crippen molar-refractivity contribution >= 4 is 28.4 Å². The van der Waals surface area contributed by atoms with Gasteiger partial charge < -0.3 is 19.5 Å². The average molecular weight is 515 g/mol. The topological polar surface area (TPSA) is 109 Å². The van der Waals surface area contributed by atoms with E-state index in [9.17, 15) is 19.7 Å². The molecular weight excluding hydrogens is 484 g/mol. The third-order valence-corrected chi connectivity index (χ3v) is 6.40. The lowest BCUT2D eigenvalue weighted by Gasteiger charge is -2.28. The third kappa shape index (κ3) is 6.63. The van der Waals surface area contributed by atoms with E-state index >= 15 is 0 Å². The van der Waals surface area contributed by atoms with Gasteiger partial charge in [0.25, 0.3) is 11.6 Å². The number of benzene rings is 3. The number of hydrogen-bond donors (Lipinski definition) is 1. The van der Waals surface area contributed by atoms with Gasteiger partial charge in [-0.2, -0.15) is 0 Å². The smallest absolute Gasteiger partial charge is 0.269 e. The van der Waals surface area contributed by atoms with Gasteiger partial charge in [0.1, 0.15) is 6.54 Å². The number of methoxy groups -OCH3 is 1. The van der Waals surface area contributed by atoms with Crippen LogP contribution in [0.1, 0.15) is 21.5 Å². The number of nitro groups is 1. The maximum atomic E-state index is 13.6. The van der Waals surface area contributed by atoms with Gasteiger partial charge in [0.15, 0.2) is 0 Å². The molecule has 0 fully saturated rings. The van der Waals surface area contributed by atoms with Crippen molar-refractivity contribution in [1.82, 2.24) is 14.8 Å². The molecule has 0 radical (unpaired) electrons. The molecule has 0 aliphatic carbocycles. The van der Waals surface area contributed by atoms with Gasteiger partial charge in [-0.1, -0.05) is 48.5 Å². The summed E-state index contributed by atoms with van der Waals surface area (Å²) in [7, 11) is 1.53. The van der Waals surface area contributed by atoms with E-state index in [-0.39, 0.29) is 42.8 Å². The zero-order valence-electron chi connectivity index (χ0n) is 21.2. The van der Waals surface area contributed by atoms with Crippen LogP contribution in [-0.2, 0) is 22.5 Å². The number of aromatic amines is 1. The van der Waals surface area contributed by atoms with Crippen molar-refractivity contribution in [3.05, 3.63) is 112 Å². The fourth-order valence-corrected chi connectivity index (χ4v) is 4.32. The second kappa shape index (κ2) is 12.6. The molecule has 38 heavy (non-hydrogen) atoms. The van der Waals surface area contributed by atoms with Crippen LogP contribution in [0.25, 0.3) is 10.9 Å². The summed E-state index contributed by atoms with van der Waals surface area (Å²) in [4.78, 5) is 43.8. The maximum Gasteiger partial charge on any atom is 0.269 e. The highest BCUT2D eigenvalue weighted by molar-refractivity contribution is 5.96. The molecule has 0 unspecified atom stereocenters. The number of ether oxygens (including phenoxy) is 1. The number of nitrogens with zero attached hydrogens (tertiary/aromatic N) is 3. The Morgan fingerprint density at radius 2 is 1.63 bits per heavy atom. The molecule has 9 nitrogen and oxygen atoms in total. The highest BCUT2D eigenvalue weighted by atomic mass is 16.6. The van der Waals surface area contributed by atoms with Crippen LogP contribution in [-0.4, -0.2) is 64.9 Å². The average Bonchev–Trinajstić information content (AvgIpc) is 3.36. The maximum absolute atomic E-state index is 13.6. The van der Waals surface area contributed by atoms with E-state index < -0.39 is 4.92 Å². The molecule has 0 bridgehead atoms. The van der Waals surface area contributed by atoms with E-state index in [4.69, 9.17) is 4.74 Å². The number of H-pyrrole nitrogens is 1. The van der Waals surface area contributed by atoms with Crippen molar-refractivity contribution in [3.63, 3.8) is 0 Å². The predicted molar refractivity (Wildman–Crippen MR) is 145 cm³/mol. The van der Waals surface area contributed by atoms with Crippen LogP contribution in [0.4, 0.5) is 5.69 Å². The summed E-state index contributed by atoms with van der Waals surface area (Å²) in [5, 5.41) is 12.1. The number of amides is 2. The Morgan fingerprint density at radius 3 is 2.34 bits per heavy atom. The summed E-state index contributed by atoms with van der Waals surface area (Å²) in [6.07, 6.45) is 2.62. The molecular formula is C29H30N4O5. The molecule has 1 N–H and O–H groups in total. The second-order valence-corrected chi connectivity index (χ2v) is 8.93. The number of carbonyl (C=O) groups excluding carboxylic acids is 2. The molecule has 0 saturated carbocycles. The van der Waals surface area contributed by atoms with Crippen LogP contribution in [0.5, 0.6) is 0 Å². The summed E-state index contributed by atoms with van der Waals surface area (Å²) in [5.74, 6) is -0.582. The first-order valence-electron chi connectivity index (χ1n) is 12.4. The number of fused-ring (bicyclic) bond motifs is 1. The lowest BCUT2D eigenvalue weighted by molar-refractivity contribution is -0.384. The highest BCUT2D eigenvalue weighted by Gasteiger charge is 2.23. The Balaban J connectivity index is 1.52. The van der Waals surface area contributed by atoms with E-state index in [0.29, 0.717) is 19.5 Å². The van der Waals surface area contributed by atoms with E-state index in [0.717, 1.165) is 22.0 Å². The van der Waals surface area contributed by atoms with Gasteiger partial charge in [0, 0.05) is 61.5 Å². The van der Waals surface area contributed by atoms with Crippen LogP contribution in [0, 0.1) is 10.1 Å². The van der Waals surface area contributed by atoms with E-state index in [1.54, 1.807) is 4.90 Å². The monoisotopic (exact) mass is 514 g/mol. The van der Waals surface area contributed by atoms with Crippen LogP contribution in [0.2, 0.25) is 0 Å². The number of aromatic nitrogens is 1. The van der Waals surface area contributed by atoms with Gasteiger partial charge in [-0.25, -0.2) is 0 Å². The number of hydrogen-bond acceptors (Lipinski definition) is 5. The molecule has 2 amide bonds. The predicted octanol–water partition coefficient (Wildman–Crippen LogP) is 4.44. The lowest BCUT2D eigenvalue weighted by atomic mass is 10.1. The van der Waals surface area contributed by atoms with Crippen LogP contribution >= 0.6 is 0 Å². The van der Waals surface area contributed by atoms with Crippen molar-refractivity contribution in [1.29, 1.82) is 0 Å². The molecule has 0 saturated heterocycles. The van der Waals surface area contributed by atoms with E-state index in [1.165, 1.54) is 36.3 Å². The third-order valence-electron chi connectivity index (χ3n) is 6.40. The van der Waals surface area contributed by atoms with Crippen molar-refractivity contribution in [3.8, 4) is 0 Å². The van der Waals surface area contributed by atoms with Crippen molar-refractivity contribution in [2.24, 2.45) is 0 Å². The fourth-order valence-electron chi connectivity index (χ4n) is 4.32. The summed E-state index contributed by atoms with van der Waals surface area (Å²) in [5.41, 5.74) is 3.32. The van der Waals surface area contributed by atoms with Gasteiger partial charge in [-0.15, -0.1) is 0 Å². The first kappa shape index (κ1) is 26.6. The van der Waals surface area contributed by atoms with Gasteiger partial charge in [-0.05, 0) is 35.7 Å². The Morgan fingerprint density at radius 1 is 0.921 bits per heavy atom. The van der Waals surface area contributed by atoms with Crippen molar-refractivity contribution in [2.75, 3.05) is 33.4 Å². The van der Waals surface area contributed by atoms with Gasteiger partial charge >= 0.3 is 0 Å². The minimum Gasteiger partial charge on any atom is -0.383 e. The van der Waals surface area contributed by atoms with Crippen LogP contribution in [0.15, 0.2) is 85.1 Å². The first-order chi connectivity index (χ1) is 18.5. The first-order valence-corrected chi connectivity index (χ1v) is 12.4. The number of non-ortho nitro benzene ring substituents is 1. The van der Waals surface area contributed by atoms with Crippen molar-refractivity contribution < 1.29 is 19.2 Å². The Kier molecular flexibility index (Phi) is 8.84. The molecule has 1 heterocycles. The molecule has 0 atom stereocenters. The molecule has 0 aliphatic rings. The zero-order chi connectivity index (χ0) is 26.9. The number of para-hydroxylation sites is 1. The Labute approximate surface area is 220 Å². The minimum atomic E-state index is -0.518. The molecule has 0 spiro atoms. The molecule has 1 aromatic heterocycles. The van der Waals surface area contributed by atoms with Crippen LogP contribution in [0.3, 0.4) is 0 Å². The normalized spacial score (nSPS) is 10.9. The Bertz CT molecular complexity index is 1390. The van der Waals surface area contributed by atoms with Crippen molar-refractivity contribution in [2.45, 2.75) is 13.0 Å². The quantitative estimate of drug-likeness (QED) is 0.222. The number of nitrogens with one attached hydrogen (secondary N) is 1. The molecule has 4 rings (SSSR count). The summed E-state index contributed by atoms with van der Waals surface area (Å²) < 4.78 is 5.17. The fraction of sp³-hybridized carbons (Fsp3) is 0.241. The molecule has 4 aromatic rings. The highest BCUT2D eigenvalue weighted by Crippen LogP contribution is 2.19. The molecule has 9 heteroatoms. The SMILES string of the molecule is COCCN(CC(=O)N(CCc1c[nH]c2ccccc12)Cc1ccccc1)C(=O)c1ccc([N+](=O)[O-])cc1. The van der Waals surface area contributed by atoms with Gasteiger partial charge in [0.2, 0.25) is 5.91 Å². The molecule has 3 aromatic carbocycles. The number of rotatable bonds is 12. The van der Waals surface area contributed by atoms with Gasteiger partial charge in [-0.3, -0.25) is 19.7 Å². The minimum absolute atomic E-state index is 0.104.